The van der Waals surface area contributed by atoms with Gasteiger partial charge in [-0.3, -0.25) is 0 Å². The molecule has 106 valence electrons. The van der Waals surface area contributed by atoms with Gasteiger partial charge in [0.15, 0.2) is 9.84 Å². The topological polar surface area (TPSA) is 60.2 Å². The van der Waals surface area contributed by atoms with Crippen LogP contribution in [0.2, 0.25) is 0 Å². The van der Waals surface area contributed by atoms with Crippen molar-refractivity contribution < 1.29 is 8.42 Å². The van der Waals surface area contributed by atoms with E-state index in [0.29, 0.717) is 11.8 Å². The monoisotopic (exact) mass is 273 g/mol. The molecule has 0 saturated heterocycles. The predicted molar refractivity (Wildman–Crippen MR) is 75.1 cm³/mol. The molecule has 0 aromatic carbocycles. The van der Waals surface area contributed by atoms with Gasteiger partial charge in [0.1, 0.15) is 0 Å². The molecule has 0 bridgehead atoms. The molecule has 3 atom stereocenters. The second-order valence-corrected chi connectivity index (χ2v) is 8.97. The van der Waals surface area contributed by atoms with Crippen molar-refractivity contribution in [3.05, 3.63) is 0 Å². The van der Waals surface area contributed by atoms with E-state index in [9.17, 15) is 8.42 Å². The maximum atomic E-state index is 12.7. The smallest absolute Gasteiger partial charge is 0.157 e. The number of sulfone groups is 1. The van der Waals surface area contributed by atoms with Crippen molar-refractivity contribution in [3.63, 3.8) is 0 Å². The van der Waals surface area contributed by atoms with Crippen LogP contribution in [0.15, 0.2) is 0 Å². The molecule has 3 unspecified atom stereocenters. The van der Waals surface area contributed by atoms with E-state index in [4.69, 9.17) is 5.73 Å². The van der Waals surface area contributed by atoms with Gasteiger partial charge in [-0.2, -0.15) is 0 Å². The van der Waals surface area contributed by atoms with Crippen molar-refractivity contribution >= 4 is 9.84 Å². The third-order valence-electron chi connectivity index (χ3n) is 5.01. The average molecular weight is 273 g/mol. The minimum absolute atomic E-state index is 0.0977. The van der Waals surface area contributed by atoms with Crippen molar-refractivity contribution in [3.8, 4) is 0 Å². The van der Waals surface area contributed by atoms with Crippen LogP contribution in [-0.4, -0.2) is 25.0 Å². The van der Waals surface area contributed by atoms with Gasteiger partial charge in [-0.15, -0.1) is 0 Å². The minimum atomic E-state index is -3.00. The van der Waals surface area contributed by atoms with Gasteiger partial charge >= 0.3 is 0 Å². The first-order valence-corrected chi connectivity index (χ1v) is 9.02. The van der Waals surface area contributed by atoms with E-state index in [2.05, 4.69) is 13.8 Å². The van der Waals surface area contributed by atoms with Crippen molar-refractivity contribution in [1.82, 2.24) is 0 Å². The summed E-state index contributed by atoms with van der Waals surface area (Å²) in [5.74, 6) is 1.10. The van der Waals surface area contributed by atoms with E-state index in [-0.39, 0.29) is 16.5 Å². The van der Waals surface area contributed by atoms with Crippen molar-refractivity contribution in [2.75, 3.05) is 0 Å². The summed E-state index contributed by atoms with van der Waals surface area (Å²) in [4.78, 5) is 0. The normalized spacial score (nSPS) is 35.2. The molecule has 2 saturated carbocycles. The van der Waals surface area contributed by atoms with Gasteiger partial charge in [0.05, 0.1) is 10.5 Å². The maximum Gasteiger partial charge on any atom is 0.157 e. The molecule has 2 N–H and O–H groups in total. The quantitative estimate of drug-likeness (QED) is 0.859. The third kappa shape index (κ3) is 2.74. The zero-order valence-corrected chi connectivity index (χ0v) is 12.5. The average Bonchev–Trinajstić information content (AvgIpc) is 2.82. The molecular formula is C14H27NO2S. The Morgan fingerprint density at radius 1 is 1.06 bits per heavy atom. The molecule has 4 heteroatoms. The van der Waals surface area contributed by atoms with Gasteiger partial charge in [-0.25, -0.2) is 8.42 Å². The van der Waals surface area contributed by atoms with Crippen LogP contribution < -0.4 is 5.73 Å². The number of hydrogen-bond donors (Lipinski definition) is 1. The fraction of sp³-hybridized carbons (Fsp3) is 1.00. The van der Waals surface area contributed by atoms with E-state index >= 15 is 0 Å². The first-order valence-electron chi connectivity index (χ1n) is 7.41. The van der Waals surface area contributed by atoms with Crippen LogP contribution in [0.5, 0.6) is 0 Å². The van der Waals surface area contributed by atoms with E-state index in [1.807, 2.05) is 0 Å². The van der Waals surface area contributed by atoms with Crippen molar-refractivity contribution in [2.45, 2.75) is 75.3 Å². The van der Waals surface area contributed by atoms with Crippen LogP contribution in [0, 0.1) is 11.8 Å². The maximum absolute atomic E-state index is 12.7. The fourth-order valence-corrected chi connectivity index (χ4v) is 6.25. The standard InChI is InChI=1S/C14H27NO2S/c1-10(2)11-7-8-13(15)14(9-11)18(16,17)12-5-3-4-6-12/h10-14H,3-9,15H2,1-2H3. The summed E-state index contributed by atoms with van der Waals surface area (Å²) in [7, 11) is -3.00. The third-order valence-corrected chi connectivity index (χ3v) is 7.80. The molecule has 3 nitrogen and oxygen atoms in total. The Kier molecular flexibility index (Phi) is 4.37. The molecule has 2 aliphatic rings. The number of nitrogens with two attached hydrogens (primary N) is 1. The lowest BCUT2D eigenvalue weighted by atomic mass is 9.79. The summed E-state index contributed by atoms with van der Waals surface area (Å²) >= 11 is 0. The van der Waals surface area contributed by atoms with Crippen LogP contribution >= 0.6 is 0 Å². The van der Waals surface area contributed by atoms with Crippen LogP contribution in [0.25, 0.3) is 0 Å². The summed E-state index contributed by atoms with van der Waals surface area (Å²) in [5, 5.41) is -0.374. The number of rotatable bonds is 3. The lowest BCUT2D eigenvalue weighted by molar-refractivity contribution is 0.260. The summed E-state index contributed by atoms with van der Waals surface area (Å²) in [6, 6.07) is -0.134. The van der Waals surface area contributed by atoms with Gasteiger partial charge in [0.2, 0.25) is 0 Å². The molecule has 0 aromatic heterocycles. The largest absolute Gasteiger partial charge is 0.327 e. The molecule has 2 rings (SSSR count). The van der Waals surface area contributed by atoms with E-state index in [0.717, 1.165) is 44.9 Å². The second kappa shape index (κ2) is 5.49. The van der Waals surface area contributed by atoms with Crippen LogP contribution in [0.3, 0.4) is 0 Å². The zero-order valence-electron chi connectivity index (χ0n) is 11.6. The van der Waals surface area contributed by atoms with Crippen LogP contribution in [0.4, 0.5) is 0 Å². The molecule has 0 heterocycles. The Morgan fingerprint density at radius 2 is 1.67 bits per heavy atom. The lowest BCUT2D eigenvalue weighted by Gasteiger charge is -2.36. The predicted octanol–water partition coefficient (Wildman–Crippen LogP) is 2.50. The molecule has 0 amide bonds. The van der Waals surface area contributed by atoms with Crippen LogP contribution in [0.1, 0.15) is 58.8 Å². The molecular weight excluding hydrogens is 246 g/mol. The highest BCUT2D eigenvalue weighted by Gasteiger charge is 2.42. The Labute approximate surface area is 111 Å². The van der Waals surface area contributed by atoms with Gasteiger partial charge in [0.25, 0.3) is 0 Å². The SMILES string of the molecule is CC(C)C1CCC(N)C(S(=O)(=O)C2CCCC2)C1. The summed E-state index contributed by atoms with van der Waals surface area (Å²) < 4.78 is 25.4. The first kappa shape index (κ1) is 14.3. The van der Waals surface area contributed by atoms with Crippen molar-refractivity contribution in [1.29, 1.82) is 0 Å². The van der Waals surface area contributed by atoms with E-state index in [1.165, 1.54) is 0 Å². The summed E-state index contributed by atoms with van der Waals surface area (Å²) in [6.45, 7) is 4.39. The zero-order chi connectivity index (χ0) is 13.3. The Bertz CT molecular complexity index is 371. The van der Waals surface area contributed by atoms with Gasteiger partial charge in [0, 0.05) is 6.04 Å². The highest BCUT2D eigenvalue weighted by molar-refractivity contribution is 7.92. The fourth-order valence-electron chi connectivity index (χ4n) is 3.63. The Balaban J connectivity index is 2.13. The Morgan fingerprint density at radius 3 is 2.22 bits per heavy atom. The minimum Gasteiger partial charge on any atom is -0.327 e. The summed E-state index contributed by atoms with van der Waals surface area (Å²) in [5.41, 5.74) is 6.12. The number of hydrogen-bond acceptors (Lipinski definition) is 3. The van der Waals surface area contributed by atoms with Gasteiger partial charge in [-0.1, -0.05) is 26.7 Å². The molecule has 2 aliphatic carbocycles. The highest BCUT2D eigenvalue weighted by Crippen LogP contribution is 2.37. The first-order chi connectivity index (χ1) is 8.43. The molecule has 0 spiro atoms. The van der Waals surface area contributed by atoms with Crippen LogP contribution in [-0.2, 0) is 9.84 Å². The van der Waals surface area contributed by atoms with E-state index in [1.54, 1.807) is 0 Å². The van der Waals surface area contributed by atoms with Gasteiger partial charge in [-0.05, 0) is 43.9 Å². The van der Waals surface area contributed by atoms with Gasteiger partial charge < -0.3 is 5.73 Å². The van der Waals surface area contributed by atoms with E-state index < -0.39 is 9.84 Å². The lowest BCUT2D eigenvalue weighted by Crippen LogP contribution is -2.48. The molecule has 0 aliphatic heterocycles. The second-order valence-electron chi connectivity index (χ2n) is 6.51. The van der Waals surface area contributed by atoms with Crippen molar-refractivity contribution in [2.24, 2.45) is 17.6 Å². The molecule has 0 aromatic rings. The highest BCUT2D eigenvalue weighted by atomic mass is 32.2. The molecule has 2 fully saturated rings. The molecule has 18 heavy (non-hydrogen) atoms. The summed E-state index contributed by atoms with van der Waals surface area (Å²) in [6.07, 6.45) is 6.61. The Hall–Kier alpha value is -0.0900. The molecule has 0 radical (unpaired) electrons.